The molecule has 4 N–H and O–H groups in total. The van der Waals surface area contributed by atoms with E-state index in [1.54, 1.807) is 38.1 Å². The first-order chi connectivity index (χ1) is 15.7. The Morgan fingerprint density at radius 3 is 2.45 bits per heavy atom. The van der Waals surface area contributed by atoms with E-state index in [1.807, 2.05) is 18.2 Å². The van der Waals surface area contributed by atoms with E-state index in [0.29, 0.717) is 26.8 Å². The highest BCUT2D eigenvalue weighted by Gasteiger charge is 2.34. The lowest BCUT2D eigenvalue weighted by molar-refractivity contribution is -0.137. The van der Waals surface area contributed by atoms with E-state index in [-0.39, 0.29) is 18.9 Å². The van der Waals surface area contributed by atoms with Crippen LogP contribution in [0.1, 0.15) is 25.0 Å². The standard InChI is InChI=1S/C23H25BCl2N2O5/c1-13(2)21(22(29)27-11-14-7-8-16(25)10-18(14)26)23(30)28-20(24(31)32)9-15-12-33-19-6-4-3-5-17(15)19/h3-8,10,12-13,20-21,31-32H,9,11H2,1-2H3,(H,27,29)(H,28,30)/t20-,21?/m0/s1. The van der Waals surface area contributed by atoms with Crippen molar-refractivity contribution in [1.82, 2.24) is 10.6 Å². The average Bonchev–Trinajstić information content (AvgIpc) is 3.15. The molecular formula is C23H25BCl2N2O5. The molecule has 1 aromatic heterocycles. The van der Waals surface area contributed by atoms with Gasteiger partial charge in [-0.2, -0.15) is 0 Å². The third-order valence-electron chi connectivity index (χ3n) is 5.39. The molecule has 1 heterocycles. The van der Waals surface area contributed by atoms with Crippen molar-refractivity contribution in [3.63, 3.8) is 0 Å². The van der Waals surface area contributed by atoms with Crippen LogP contribution in [0.25, 0.3) is 11.0 Å². The highest BCUT2D eigenvalue weighted by Crippen LogP contribution is 2.23. The van der Waals surface area contributed by atoms with Gasteiger partial charge in [0.2, 0.25) is 11.8 Å². The molecule has 174 valence electrons. The van der Waals surface area contributed by atoms with Crippen molar-refractivity contribution in [3.05, 3.63) is 69.9 Å². The molecule has 0 aliphatic carbocycles. The predicted octanol–water partition coefficient (Wildman–Crippen LogP) is 3.37. The average molecular weight is 491 g/mol. The van der Waals surface area contributed by atoms with Gasteiger partial charge in [0.05, 0.1) is 12.2 Å². The summed E-state index contributed by atoms with van der Waals surface area (Å²) in [5.41, 5.74) is 2.03. The molecule has 7 nitrogen and oxygen atoms in total. The highest BCUT2D eigenvalue weighted by molar-refractivity contribution is 6.43. The molecule has 0 bridgehead atoms. The fourth-order valence-corrected chi connectivity index (χ4v) is 4.09. The zero-order valence-corrected chi connectivity index (χ0v) is 19.7. The van der Waals surface area contributed by atoms with Crippen LogP contribution in [-0.4, -0.2) is 34.9 Å². The van der Waals surface area contributed by atoms with E-state index in [1.165, 1.54) is 6.26 Å². The first-order valence-corrected chi connectivity index (χ1v) is 11.3. The number of nitrogens with one attached hydrogen (secondary N) is 2. The molecule has 2 aromatic carbocycles. The van der Waals surface area contributed by atoms with Gasteiger partial charge in [0.1, 0.15) is 11.5 Å². The molecule has 33 heavy (non-hydrogen) atoms. The smallest absolute Gasteiger partial charge is 0.464 e. The van der Waals surface area contributed by atoms with Crippen molar-refractivity contribution in [2.24, 2.45) is 11.8 Å². The molecule has 10 heteroatoms. The second-order valence-electron chi connectivity index (χ2n) is 8.17. The number of carbonyl (C=O) groups excluding carboxylic acids is 2. The van der Waals surface area contributed by atoms with Gasteiger partial charge >= 0.3 is 7.12 Å². The van der Waals surface area contributed by atoms with Gasteiger partial charge in [0, 0.05) is 22.0 Å². The maximum Gasteiger partial charge on any atom is 0.475 e. The molecule has 0 saturated heterocycles. The summed E-state index contributed by atoms with van der Waals surface area (Å²) in [6, 6.07) is 12.3. The molecule has 0 aliphatic rings. The molecule has 0 fully saturated rings. The van der Waals surface area contributed by atoms with Crippen LogP contribution in [0, 0.1) is 11.8 Å². The van der Waals surface area contributed by atoms with Crippen LogP contribution in [0.3, 0.4) is 0 Å². The zero-order valence-electron chi connectivity index (χ0n) is 18.2. The van der Waals surface area contributed by atoms with E-state index in [0.717, 1.165) is 5.39 Å². The minimum Gasteiger partial charge on any atom is -0.464 e. The van der Waals surface area contributed by atoms with Crippen molar-refractivity contribution < 1.29 is 24.1 Å². The van der Waals surface area contributed by atoms with E-state index in [4.69, 9.17) is 27.6 Å². The van der Waals surface area contributed by atoms with Crippen LogP contribution in [0.4, 0.5) is 0 Å². The molecular weight excluding hydrogens is 466 g/mol. The Hall–Kier alpha value is -2.52. The molecule has 2 atom stereocenters. The van der Waals surface area contributed by atoms with Crippen molar-refractivity contribution in [1.29, 1.82) is 0 Å². The summed E-state index contributed by atoms with van der Waals surface area (Å²) in [6.45, 7) is 3.61. The summed E-state index contributed by atoms with van der Waals surface area (Å²) in [5.74, 6) is -3.50. The van der Waals surface area contributed by atoms with Gasteiger partial charge in [-0.3, -0.25) is 9.59 Å². The Morgan fingerprint density at radius 1 is 1.06 bits per heavy atom. The Labute approximate surface area is 202 Å². The number of hydrogen-bond acceptors (Lipinski definition) is 5. The Kier molecular flexibility index (Phi) is 8.43. The second kappa shape index (κ2) is 11.1. The fraction of sp³-hybridized carbons (Fsp3) is 0.304. The van der Waals surface area contributed by atoms with Gasteiger partial charge in [-0.05, 0) is 41.7 Å². The number of furan rings is 1. The molecule has 1 unspecified atom stereocenters. The van der Waals surface area contributed by atoms with Crippen LogP contribution in [0.5, 0.6) is 0 Å². The van der Waals surface area contributed by atoms with Crippen molar-refractivity contribution in [2.75, 3.05) is 0 Å². The maximum absolute atomic E-state index is 13.0. The van der Waals surface area contributed by atoms with Gasteiger partial charge in [0.25, 0.3) is 0 Å². The van der Waals surface area contributed by atoms with Crippen molar-refractivity contribution >= 4 is 53.1 Å². The van der Waals surface area contributed by atoms with Crippen LogP contribution >= 0.6 is 23.2 Å². The van der Waals surface area contributed by atoms with Gasteiger partial charge < -0.3 is 25.1 Å². The number of hydrogen-bond donors (Lipinski definition) is 4. The monoisotopic (exact) mass is 490 g/mol. The molecule has 2 amide bonds. The summed E-state index contributed by atoms with van der Waals surface area (Å²) in [6.07, 6.45) is 1.64. The summed E-state index contributed by atoms with van der Waals surface area (Å²) in [4.78, 5) is 25.8. The van der Waals surface area contributed by atoms with Gasteiger partial charge in [-0.15, -0.1) is 0 Å². The zero-order chi connectivity index (χ0) is 24.1. The highest BCUT2D eigenvalue weighted by atomic mass is 35.5. The van der Waals surface area contributed by atoms with Gasteiger partial charge in [0.15, 0.2) is 0 Å². The minimum atomic E-state index is -1.83. The molecule has 0 aliphatic heterocycles. The Morgan fingerprint density at radius 2 is 1.79 bits per heavy atom. The second-order valence-corrected chi connectivity index (χ2v) is 9.01. The third-order valence-corrected chi connectivity index (χ3v) is 5.98. The molecule has 0 radical (unpaired) electrons. The van der Waals surface area contributed by atoms with E-state index in [2.05, 4.69) is 10.6 Å². The van der Waals surface area contributed by atoms with E-state index >= 15 is 0 Å². The number of rotatable bonds is 9. The van der Waals surface area contributed by atoms with Crippen LogP contribution in [0.15, 0.2) is 53.1 Å². The number of halogens is 2. The van der Waals surface area contributed by atoms with E-state index < -0.39 is 30.8 Å². The topological polar surface area (TPSA) is 112 Å². The molecule has 3 aromatic rings. The number of amides is 2. The lowest BCUT2D eigenvalue weighted by atomic mass is 9.75. The normalized spacial score (nSPS) is 13.1. The van der Waals surface area contributed by atoms with Crippen molar-refractivity contribution in [2.45, 2.75) is 32.8 Å². The molecule has 0 saturated carbocycles. The number of carbonyl (C=O) groups is 2. The fourth-order valence-electron chi connectivity index (χ4n) is 3.61. The van der Waals surface area contributed by atoms with E-state index in [9.17, 15) is 19.6 Å². The lowest BCUT2D eigenvalue weighted by Crippen LogP contribution is -2.53. The van der Waals surface area contributed by atoms with Crippen LogP contribution in [0.2, 0.25) is 10.0 Å². The summed E-state index contributed by atoms with van der Waals surface area (Å²) in [5, 5.41) is 26.8. The molecule has 0 spiro atoms. The molecule has 3 rings (SSSR count). The van der Waals surface area contributed by atoms with Crippen LogP contribution < -0.4 is 10.6 Å². The quantitative estimate of drug-likeness (QED) is 0.271. The number of fused-ring (bicyclic) bond motifs is 1. The first kappa shape index (κ1) is 25.1. The Bertz CT molecular complexity index is 1130. The third kappa shape index (κ3) is 6.29. The van der Waals surface area contributed by atoms with Crippen LogP contribution in [-0.2, 0) is 22.6 Å². The summed E-state index contributed by atoms with van der Waals surface area (Å²) in [7, 11) is -1.83. The van der Waals surface area contributed by atoms with Gasteiger partial charge in [-0.25, -0.2) is 0 Å². The minimum absolute atomic E-state index is 0.118. The lowest BCUT2D eigenvalue weighted by Gasteiger charge is -2.24. The first-order valence-electron chi connectivity index (χ1n) is 10.5. The SMILES string of the molecule is CC(C)C(C(=O)NCc1ccc(Cl)cc1Cl)C(=O)N[C@@H](Cc1coc2ccccc12)B(O)O. The Balaban J connectivity index is 1.69. The number of para-hydroxylation sites is 1. The number of benzene rings is 2. The maximum atomic E-state index is 13.0. The predicted molar refractivity (Wildman–Crippen MR) is 129 cm³/mol. The largest absolute Gasteiger partial charge is 0.475 e. The summed E-state index contributed by atoms with van der Waals surface area (Å²) >= 11 is 12.1. The van der Waals surface area contributed by atoms with Crippen molar-refractivity contribution in [3.8, 4) is 0 Å². The summed E-state index contributed by atoms with van der Waals surface area (Å²) < 4.78 is 5.49. The van der Waals surface area contributed by atoms with Gasteiger partial charge in [-0.1, -0.05) is 61.3 Å².